The normalized spacial score (nSPS) is 25.6. The van der Waals surface area contributed by atoms with E-state index < -0.39 is 35.5 Å². The molecule has 0 amide bonds. The van der Waals surface area contributed by atoms with Crippen LogP contribution in [0.5, 0.6) is 5.75 Å². The van der Waals surface area contributed by atoms with Crippen molar-refractivity contribution in [3.05, 3.63) is 29.8 Å². The number of esters is 1. The maximum absolute atomic E-state index is 12.4. The molecule has 0 aliphatic carbocycles. The van der Waals surface area contributed by atoms with Crippen LogP contribution in [0.3, 0.4) is 0 Å². The van der Waals surface area contributed by atoms with Crippen LogP contribution in [0.25, 0.3) is 0 Å². The van der Waals surface area contributed by atoms with E-state index >= 15 is 0 Å². The number of halogens is 2. The molecule has 0 radical (unpaired) electrons. The molecule has 0 bridgehead atoms. The average molecular weight is 319 g/mol. The Hall–Kier alpha value is -1.54. The van der Waals surface area contributed by atoms with Gasteiger partial charge in [-0.25, -0.2) is 0 Å². The molecule has 1 aliphatic rings. The molecule has 1 fully saturated rings. The van der Waals surface area contributed by atoms with Gasteiger partial charge in [0.2, 0.25) is 0 Å². The molecule has 2 rings (SSSR count). The van der Waals surface area contributed by atoms with Crippen LogP contribution in [0, 0.1) is 0 Å². The number of alkyl halides is 2. The lowest BCUT2D eigenvalue weighted by molar-refractivity contribution is -0.142. The summed E-state index contributed by atoms with van der Waals surface area (Å²) < 4.78 is 45.8. The highest BCUT2D eigenvalue weighted by Gasteiger charge is 2.33. The smallest absolute Gasteiger partial charge is 0.387 e. The quantitative estimate of drug-likeness (QED) is 0.846. The van der Waals surface area contributed by atoms with Crippen molar-refractivity contribution in [3.8, 4) is 5.75 Å². The summed E-state index contributed by atoms with van der Waals surface area (Å²) in [6, 6.07) is 5.01. The zero-order valence-corrected chi connectivity index (χ0v) is 12.1. The zero-order valence-electron chi connectivity index (χ0n) is 11.3. The Morgan fingerprint density at radius 2 is 2.10 bits per heavy atom. The Balaban J connectivity index is 2.24. The molecule has 1 aliphatic heterocycles. The first-order valence-electron chi connectivity index (χ1n) is 6.24. The molecule has 3 atom stereocenters. The number of para-hydroxylation sites is 1. The van der Waals surface area contributed by atoms with Crippen LogP contribution in [0.2, 0.25) is 0 Å². The van der Waals surface area contributed by atoms with Crippen LogP contribution in [0.1, 0.15) is 11.6 Å². The first kappa shape index (κ1) is 15.8. The Morgan fingerprint density at radius 3 is 2.76 bits per heavy atom. The predicted octanol–water partition coefficient (Wildman–Crippen LogP) is 1.22. The average Bonchev–Trinajstić information content (AvgIpc) is 2.45. The first-order valence-corrected chi connectivity index (χ1v) is 7.72. The molecule has 0 spiro atoms. The van der Waals surface area contributed by atoms with Crippen LogP contribution in [-0.4, -0.2) is 41.4 Å². The molecule has 5 nitrogen and oxygen atoms in total. The lowest BCUT2D eigenvalue weighted by Gasteiger charge is -2.30. The minimum Gasteiger partial charge on any atom is -0.468 e. The van der Waals surface area contributed by atoms with E-state index in [0.29, 0.717) is 5.56 Å². The zero-order chi connectivity index (χ0) is 15.4. The van der Waals surface area contributed by atoms with Crippen molar-refractivity contribution in [2.24, 2.45) is 0 Å². The first-order chi connectivity index (χ1) is 10.0. The molecule has 1 N–H and O–H groups in total. The minimum atomic E-state index is -2.95. The highest BCUT2D eigenvalue weighted by molar-refractivity contribution is 7.85. The van der Waals surface area contributed by atoms with Gasteiger partial charge in [0.25, 0.3) is 0 Å². The van der Waals surface area contributed by atoms with Gasteiger partial charge >= 0.3 is 12.6 Å². The minimum absolute atomic E-state index is 0.00696. The van der Waals surface area contributed by atoms with Crippen molar-refractivity contribution < 1.29 is 27.3 Å². The second-order valence-electron chi connectivity index (χ2n) is 4.48. The van der Waals surface area contributed by atoms with Gasteiger partial charge in [-0.15, -0.1) is 0 Å². The molecule has 0 aromatic heterocycles. The summed E-state index contributed by atoms with van der Waals surface area (Å²) in [4.78, 5) is 11.6. The number of benzene rings is 1. The topological polar surface area (TPSA) is 64.6 Å². The van der Waals surface area contributed by atoms with Gasteiger partial charge in [0.15, 0.2) is 0 Å². The van der Waals surface area contributed by atoms with E-state index in [9.17, 15) is 17.8 Å². The van der Waals surface area contributed by atoms with Crippen LogP contribution in [-0.2, 0) is 20.3 Å². The van der Waals surface area contributed by atoms with Gasteiger partial charge in [0.1, 0.15) is 11.8 Å². The molecule has 21 heavy (non-hydrogen) atoms. The lowest BCUT2D eigenvalue weighted by atomic mass is 10.1. The monoisotopic (exact) mass is 319 g/mol. The van der Waals surface area contributed by atoms with E-state index in [2.05, 4.69) is 14.8 Å². The van der Waals surface area contributed by atoms with Gasteiger partial charge in [-0.05, 0) is 6.07 Å². The number of hydrogen-bond acceptors (Lipinski definition) is 5. The molecule has 1 heterocycles. The Kier molecular flexibility index (Phi) is 5.24. The number of ether oxygens (including phenoxy) is 2. The number of nitrogens with one attached hydrogen (secondary N) is 1. The summed E-state index contributed by atoms with van der Waals surface area (Å²) in [5.41, 5.74) is 0.444. The molecule has 0 saturated carbocycles. The third-order valence-corrected chi connectivity index (χ3v) is 4.51. The third kappa shape index (κ3) is 3.98. The molecule has 116 valence electrons. The van der Waals surface area contributed by atoms with E-state index in [4.69, 9.17) is 0 Å². The fraction of sp³-hybridized carbons (Fsp3) is 0.462. The SMILES string of the molecule is COC(=O)C1CS(=O)CC(c2ccccc2OC(F)F)N1. The Labute approximate surface area is 123 Å². The summed E-state index contributed by atoms with van der Waals surface area (Å²) in [7, 11) is -0.00989. The molecule has 1 aromatic carbocycles. The van der Waals surface area contributed by atoms with Crippen LogP contribution in [0.4, 0.5) is 8.78 Å². The van der Waals surface area contributed by atoms with Crippen LogP contribution >= 0.6 is 0 Å². The predicted molar refractivity (Wildman–Crippen MR) is 72.6 cm³/mol. The number of carbonyl (C=O) groups excluding carboxylic acids is 1. The highest BCUT2D eigenvalue weighted by atomic mass is 32.2. The molecule has 1 saturated heterocycles. The van der Waals surface area contributed by atoms with Crippen molar-refractivity contribution in [2.45, 2.75) is 18.7 Å². The Morgan fingerprint density at radius 1 is 1.38 bits per heavy atom. The number of carbonyl (C=O) groups is 1. The van der Waals surface area contributed by atoms with Crippen LogP contribution in [0.15, 0.2) is 24.3 Å². The van der Waals surface area contributed by atoms with Gasteiger partial charge in [0.05, 0.1) is 7.11 Å². The fourth-order valence-electron chi connectivity index (χ4n) is 2.21. The second kappa shape index (κ2) is 6.95. The Bertz CT molecular complexity index is 541. The van der Waals surface area contributed by atoms with E-state index in [0.717, 1.165) is 0 Å². The van der Waals surface area contributed by atoms with E-state index in [-0.39, 0.29) is 17.3 Å². The summed E-state index contributed by atoms with van der Waals surface area (Å²) >= 11 is 0. The maximum Gasteiger partial charge on any atom is 0.387 e. The second-order valence-corrected chi connectivity index (χ2v) is 6.03. The van der Waals surface area contributed by atoms with E-state index in [1.54, 1.807) is 18.2 Å². The molecular formula is C13H15F2NO4S. The highest BCUT2D eigenvalue weighted by Crippen LogP contribution is 2.29. The van der Waals surface area contributed by atoms with Gasteiger partial charge in [-0.2, -0.15) is 8.78 Å². The summed E-state index contributed by atoms with van der Waals surface area (Å²) in [6.07, 6.45) is 0. The third-order valence-electron chi connectivity index (χ3n) is 3.10. The van der Waals surface area contributed by atoms with Crippen molar-refractivity contribution >= 4 is 16.8 Å². The number of methoxy groups -OCH3 is 1. The summed E-state index contributed by atoms with van der Waals surface area (Å²) in [6.45, 7) is -2.95. The molecule has 1 aromatic rings. The largest absolute Gasteiger partial charge is 0.468 e. The number of rotatable bonds is 4. The molecular weight excluding hydrogens is 304 g/mol. The van der Waals surface area contributed by atoms with Gasteiger partial charge in [0, 0.05) is 33.9 Å². The van der Waals surface area contributed by atoms with E-state index in [1.165, 1.54) is 13.2 Å². The number of hydrogen-bond donors (Lipinski definition) is 1. The van der Waals surface area contributed by atoms with E-state index in [1.807, 2.05) is 0 Å². The van der Waals surface area contributed by atoms with Crippen molar-refractivity contribution in [2.75, 3.05) is 18.6 Å². The lowest BCUT2D eigenvalue weighted by Crippen LogP contribution is -2.49. The van der Waals surface area contributed by atoms with Gasteiger partial charge in [-0.1, -0.05) is 18.2 Å². The standard InChI is InChI=1S/C13H15F2NO4S/c1-19-12(17)10-7-21(18)6-9(16-10)8-4-2-3-5-11(8)20-13(14)15/h2-5,9-10,13,16H,6-7H2,1H3. The fourth-order valence-corrected chi connectivity index (χ4v) is 3.60. The maximum atomic E-state index is 12.4. The van der Waals surface area contributed by atoms with Crippen molar-refractivity contribution in [3.63, 3.8) is 0 Å². The van der Waals surface area contributed by atoms with Gasteiger partial charge < -0.3 is 9.47 Å². The molecule has 3 unspecified atom stereocenters. The summed E-state index contributed by atoms with van der Waals surface area (Å²) in [5.74, 6) is -0.161. The van der Waals surface area contributed by atoms with Crippen molar-refractivity contribution in [1.82, 2.24) is 5.32 Å². The van der Waals surface area contributed by atoms with Gasteiger partial charge in [-0.3, -0.25) is 14.3 Å². The summed E-state index contributed by atoms with van der Waals surface area (Å²) in [5, 5.41) is 2.97. The molecule has 8 heteroatoms. The van der Waals surface area contributed by atoms with Crippen LogP contribution < -0.4 is 10.1 Å². The van der Waals surface area contributed by atoms with Crippen molar-refractivity contribution in [1.29, 1.82) is 0 Å².